The van der Waals surface area contributed by atoms with Gasteiger partial charge in [-0.05, 0) is 24.1 Å². The largest absolute Gasteiger partial charge is 0.504 e. The molecule has 0 heterocycles. The topological polar surface area (TPSA) is 113 Å². The van der Waals surface area contributed by atoms with Crippen molar-refractivity contribution in [2.24, 2.45) is 10.9 Å². The van der Waals surface area contributed by atoms with Gasteiger partial charge in [-0.25, -0.2) is 0 Å². The number of nitroso groups, excluding NO2 is 1. The molecule has 0 aliphatic rings. The predicted molar refractivity (Wildman–Crippen MR) is 52.3 cm³/mol. The van der Waals surface area contributed by atoms with Gasteiger partial charge in [-0.2, -0.15) is 0 Å². The quantitative estimate of drug-likeness (QED) is 0.489. The van der Waals surface area contributed by atoms with Crippen molar-refractivity contribution in [3.8, 4) is 11.5 Å². The van der Waals surface area contributed by atoms with Crippen molar-refractivity contribution in [1.29, 1.82) is 0 Å². The van der Waals surface area contributed by atoms with Crippen molar-refractivity contribution < 1.29 is 15.0 Å². The molecule has 0 aliphatic heterocycles. The van der Waals surface area contributed by atoms with Crippen LogP contribution in [0.2, 0.25) is 0 Å². The van der Waals surface area contributed by atoms with E-state index >= 15 is 0 Å². The number of phenols is 2. The fraction of sp³-hybridized carbons (Fsp3) is 0.222. The van der Waals surface area contributed by atoms with Crippen molar-refractivity contribution in [2.45, 2.75) is 12.5 Å². The van der Waals surface area contributed by atoms with E-state index in [0.717, 1.165) is 0 Å². The summed E-state index contributed by atoms with van der Waals surface area (Å²) in [5, 5.41) is 20.4. The smallest absolute Gasteiger partial charge is 0.303 e. The Bertz CT molecular complexity index is 392. The molecule has 15 heavy (non-hydrogen) atoms. The number of phenolic OH excluding ortho intramolecular Hbond substituents is 2. The number of aromatic hydroxyl groups is 2. The Hall–Kier alpha value is -1.95. The predicted octanol–water partition coefficient (Wildman–Crippen LogP) is 0.261. The maximum Gasteiger partial charge on any atom is 0.303 e. The molecule has 0 radical (unpaired) electrons. The summed E-state index contributed by atoms with van der Waals surface area (Å²) in [6, 6.07) is 3.02. The molecule has 0 saturated carbocycles. The van der Waals surface area contributed by atoms with Gasteiger partial charge in [-0.1, -0.05) is 6.07 Å². The van der Waals surface area contributed by atoms with Crippen molar-refractivity contribution in [3.63, 3.8) is 0 Å². The van der Waals surface area contributed by atoms with Gasteiger partial charge in [0.1, 0.15) is 0 Å². The summed E-state index contributed by atoms with van der Waals surface area (Å²) in [6.45, 7) is 0. The Labute approximate surface area is 85.3 Å². The van der Waals surface area contributed by atoms with Crippen LogP contribution in [-0.2, 0) is 11.2 Å². The fourth-order valence-electron chi connectivity index (χ4n) is 1.10. The molecule has 6 heteroatoms. The first-order valence-corrected chi connectivity index (χ1v) is 4.18. The molecule has 1 aromatic rings. The van der Waals surface area contributed by atoms with Gasteiger partial charge < -0.3 is 15.9 Å². The van der Waals surface area contributed by atoms with Crippen LogP contribution in [0.4, 0.5) is 0 Å². The van der Waals surface area contributed by atoms with Gasteiger partial charge in [0.25, 0.3) is 0 Å². The summed E-state index contributed by atoms with van der Waals surface area (Å²) in [7, 11) is 0. The van der Waals surface area contributed by atoms with E-state index in [2.05, 4.69) is 5.18 Å². The van der Waals surface area contributed by atoms with Crippen LogP contribution < -0.4 is 5.73 Å². The van der Waals surface area contributed by atoms with Crippen molar-refractivity contribution in [1.82, 2.24) is 0 Å². The minimum atomic E-state index is -1.02. The zero-order valence-electron chi connectivity index (χ0n) is 7.75. The highest BCUT2D eigenvalue weighted by Gasteiger charge is 2.15. The molecule has 4 N–H and O–H groups in total. The summed E-state index contributed by atoms with van der Waals surface area (Å²) in [5.74, 6) is -1.50. The van der Waals surface area contributed by atoms with Crippen LogP contribution in [0.5, 0.6) is 11.5 Å². The Morgan fingerprint density at radius 2 is 2.07 bits per heavy atom. The number of amides is 1. The molecule has 0 fully saturated rings. The second kappa shape index (κ2) is 4.52. The Kier molecular flexibility index (Phi) is 3.35. The number of carbonyl (C=O) groups excluding carboxylic acids is 1. The molecule has 1 amide bonds. The number of carbonyl (C=O) groups is 1. The van der Waals surface area contributed by atoms with Crippen LogP contribution in [-0.4, -0.2) is 22.2 Å². The summed E-state index contributed by atoms with van der Waals surface area (Å²) in [5.41, 5.74) is 5.90. The van der Waals surface area contributed by atoms with Crippen LogP contribution in [0.3, 0.4) is 0 Å². The van der Waals surface area contributed by atoms with Crippen LogP contribution in [0.15, 0.2) is 23.4 Å². The monoisotopic (exact) mass is 210 g/mol. The van der Waals surface area contributed by atoms with Crippen LogP contribution in [0.1, 0.15) is 5.56 Å². The van der Waals surface area contributed by atoms with E-state index in [9.17, 15) is 9.70 Å². The first-order valence-electron chi connectivity index (χ1n) is 4.18. The molecular weight excluding hydrogens is 200 g/mol. The number of hydrogen-bond donors (Lipinski definition) is 3. The van der Waals surface area contributed by atoms with Crippen molar-refractivity contribution in [3.05, 3.63) is 28.7 Å². The van der Waals surface area contributed by atoms with Crippen molar-refractivity contribution >= 4 is 5.91 Å². The summed E-state index contributed by atoms with van der Waals surface area (Å²) >= 11 is 0. The molecule has 1 aromatic carbocycles. The van der Waals surface area contributed by atoms with Crippen LogP contribution in [0, 0.1) is 4.91 Å². The third-order valence-electron chi connectivity index (χ3n) is 1.90. The first-order chi connectivity index (χ1) is 7.04. The molecule has 0 spiro atoms. The average molecular weight is 210 g/mol. The molecule has 0 aromatic heterocycles. The second-order valence-corrected chi connectivity index (χ2v) is 3.06. The van der Waals surface area contributed by atoms with E-state index in [0.29, 0.717) is 5.56 Å². The van der Waals surface area contributed by atoms with E-state index in [4.69, 9.17) is 15.9 Å². The molecule has 6 nitrogen and oxygen atoms in total. The highest BCUT2D eigenvalue weighted by atomic mass is 16.3. The average Bonchev–Trinajstić information content (AvgIpc) is 2.22. The normalized spacial score (nSPS) is 12.1. The molecule has 0 saturated heterocycles. The van der Waals surface area contributed by atoms with Gasteiger partial charge in [-0.3, -0.25) is 4.79 Å². The summed E-state index contributed by atoms with van der Waals surface area (Å²) in [4.78, 5) is 20.6. The second-order valence-electron chi connectivity index (χ2n) is 3.06. The Morgan fingerprint density at radius 1 is 1.40 bits per heavy atom. The summed E-state index contributed by atoms with van der Waals surface area (Å²) in [6.07, 6.45) is 0.0818. The number of benzene rings is 1. The molecule has 0 unspecified atom stereocenters. The minimum absolute atomic E-state index is 0.0818. The van der Waals surface area contributed by atoms with E-state index in [1.54, 1.807) is 0 Å². The highest BCUT2D eigenvalue weighted by molar-refractivity contribution is 5.82. The Morgan fingerprint density at radius 3 is 2.60 bits per heavy atom. The number of nitrogens with two attached hydrogens (primary N) is 1. The zero-order valence-corrected chi connectivity index (χ0v) is 7.75. The third-order valence-corrected chi connectivity index (χ3v) is 1.90. The van der Waals surface area contributed by atoms with E-state index < -0.39 is 11.9 Å². The van der Waals surface area contributed by atoms with Gasteiger partial charge in [0.15, 0.2) is 11.5 Å². The maximum atomic E-state index is 10.8. The van der Waals surface area contributed by atoms with Crippen LogP contribution in [0.25, 0.3) is 0 Å². The number of rotatable bonds is 3. The van der Waals surface area contributed by atoms with E-state index in [-0.39, 0.29) is 17.9 Å². The van der Waals surface area contributed by atoms with Gasteiger partial charge in [0, 0.05) is 5.18 Å². The van der Waals surface area contributed by atoms with E-state index in [1.165, 1.54) is 18.2 Å². The standard InChI is InChI=1S/C9H10N2O4/c10-6(9(14)11-15)3-5-1-2-7(12)8(13)4-5/h1-2,4,6,12-13H,3,10H2/t6-/m0/s1. The first kappa shape index (κ1) is 11.1. The van der Waals surface area contributed by atoms with Crippen LogP contribution >= 0.6 is 0 Å². The van der Waals surface area contributed by atoms with Gasteiger partial charge >= 0.3 is 5.91 Å². The SMILES string of the molecule is N[C@@H](Cc1ccc(O)c(O)c1)C(=O)N=O. The molecule has 1 atom stereocenters. The Balaban J connectivity index is 2.77. The zero-order chi connectivity index (χ0) is 11.4. The van der Waals surface area contributed by atoms with Gasteiger partial charge in [0.2, 0.25) is 0 Å². The molecule has 0 aliphatic carbocycles. The summed E-state index contributed by atoms with van der Waals surface area (Å²) < 4.78 is 0. The number of nitrogens with zero attached hydrogens (tertiary/aromatic N) is 1. The lowest BCUT2D eigenvalue weighted by Crippen LogP contribution is -2.31. The lowest BCUT2D eigenvalue weighted by molar-refractivity contribution is -0.119. The lowest BCUT2D eigenvalue weighted by atomic mass is 10.1. The molecule has 1 rings (SSSR count). The van der Waals surface area contributed by atoms with Gasteiger partial charge in [0.05, 0.1) is 6.04 Å². The minimum Gasteiger partial charge on any atom is -0.504 e. The lowest BCUT2D eigenvalue weighted by Gasteiger charge is -2.06. The van der Waals surface area contributed by atoms with Crippen molar-refractivity contribution in [2.75, 3.05) is 0 Å². The molecule has 0 bridgehead atoms. The highest BCUT2D eigenvalue weighted by Crippen LogP contribution is 2.25. The number of hydrogen-bond acceptors (Lipinski definition) is 5. The fourth-order valence-corrected chi connectivity index (χ4v) is 1.10. The molecular formula is C9H10N2O4. The third kappa shape index (κ3) is 2.75. The van der Waals surface area contributed by atoms with E-state index in [1.807, 2.05) is 0 Å². The van der Waals surface area contributed by atoms with Gasteiger partial charge in [-0.15, -0.1) is 4.91 Å². The maximum absolute atomic E-state index is 10.8. The molecule has 80 valence electrons.